The van der Waals surface area contributed by atoms with Crippen LogP contribution in [0.3, 0.4) is 0 Å². The number of hydrogen-bond acceptors (Lipinski definition) is 3. The molecule has 0 aliphatic rings. The van der Waals surface area contributed by atoms with Gasteiger partial charge in [-0.05, 0) is 50.6 Å². The number of nitrogens with one attached hydrogen (secondary N) is 1. The van der Waals surface area contributed by atoms with Crippen LogP contribution in [0, 0.1) is 0 Å². The molecule has 0 amide bonds. The third kappa shape index (κ3) is 5.78. The fourth-order valence-electron chi connectivity index (χ4n) is 2.20. The molecule has 2 rings (SSSR count). The molecule has 0 heterocycles. The molecule has 3 nitrogen and oxygen atoms in total. The van der Waals surface area contributed by atoms with Gasteiger partial charge in [-0.25, -0.2) is 0 Å². The molecule has 0 saturated heterocycles. The van der Waals surface area contributed by atoms with Crippen LogP contribution in [0.2, 0.25) is 10.0 Å². The van der Waals surface area contributed by atoms with Gasteiger partial charge >= 0.3 is 0 Å². The molecule has 0 radical (unpaired) electrons. The van der Waals surface area contributed by atoms with E-state index in [2.05, 4.69) is 42.0 Å². The summed E-state index contributed by atoms with van der Waals surface area (Å²) in [5.41, 5.74) is 1.93. The number of methoxy groups -OCH3 is 1. The lowest BCUT2D eigenvalue weighted by atomic mass is 10.1. The van der Waals surface area contributed by atoms with Crippen LogP contribution in [0.15, 0.2) is 34.8 Å². The number of rotatable bonds is 6. The van der Waals surface area contributed by atoms with Crippen LogP contribution in [-0.2, 0) is 13.2 Å². The number of halogens is 3. The molecular formula is C19H22BrCl2NO2. The average Bonchev–Trinajstić information content (AvgIpc) is 2.54. The van der Waals surface area contributed by atoms with Gasteiger partial charge in [0.15, 0.2) is 11.5 Å². The van der Waals surface area contributed by atoms with Crippen molar-refractivity contribution in [2.75, 3.05) is 7.11 Å². The maximum absolute atomic E-state index is 6.09. The van der Waals surface area contributed by atoms with Crippen molar-refractivity contribution in [2.24, 2.45) is 0 Å². The Morgan fingerprint density at radius 2 is 1.80 bits per heavy atom. The highest BCUT2D eigenvalue weighted by Gasteiger charge is 2.17. The summed E-state index contributed by atoms with van der Waals surface area (Å²) < 4.78 is 12.5. The van der Waals surface area contributed by atoms with Crippen molar-refractivity contribution in [3.8, 4) is 11.5 Å². The van der Waals surface area contributed by atoms with Crippen molar-refractivity contribution < 1.29 is 9.47 Å². The molecular weight excluding hydrogens is 425 g/mol. The topological polar surface area (TPSA) is 30.5 Å². The second-order valence-electron chi connectivity index (χ2n) is 6.70. The van der Waals surface area contributed by atoms with Gasteiger partial charge in [0.1, 0.15) is 6.61 Å². The van der Waals surface area contributed by atoms with Crippen LogP contribution < -0.4 is 14.8 Å². The standard InChI is InChI=1S/C19H22BrCl2NO2/c1-19(2,3)23-10-13-14(20)6-8-17(24-4)18(13)25-11-12-5-7-15(21)16(22)9-12/h5-9,23H,10-11H2,1-4H3. The summed E-state index contributed by atoms with van der Waals surface area (Å²) in [4.78, 5) is 0. The van der Waals surface area contributed by atoms with Crippen LogP contribution in [0.25, 0.3) is 0 Å². The second kappa shape index (κ2) is 8.63. The lowest BCUT2D eigenvalue weighted by Crippen LogP contribution is -2.35. The summed E-state index contributed by atoms with van der Waals surface area (Å²) in [6.07, 6.45) is 0. The lowest BCUT2D eigenvalue weighted by molar-refractivity contribution is 0.279. The monoisotopic (exact) mass is 445 g/mol. The second-order valence-corrected chi connectivity index (χ2v) is 8.37. The first-order valence-corrected chi connectivity index (χ1v) is 9.43. The van der Waals surface area contributed by atoms with E-state index in [1.807, 2.05) is 18.2 Å². The smallest absolute Gasteiger partial charge is 0.167 e. The quantitative estimate of drug-likeness (QED) is 0.570. The minimum Gasteiger partial charge on any atom is -0.493 e. The number of ether oxygens (including phenoxy) is 2. The van der Waals surface area contributed by atoms with Crippen LogP contribution >= 0.6 is 39.1 Å². The van der Waals surface area contributed by atoms with Crippen LogP contribution in [0.5, 0.6) is 11.5 Å². The highest BCUT2D eigenvalue weighted by molar-refractivity contribution is 9.10. The molecule has 0 aliphatic carbocycles. The number of benzene rings is 2. The van der Waals surface area contributed by atoms with Gasteiger partial charge in [0.2, 0.25) is 0 Å². The molecule has 136 valence electrons. The highest BCUT2D eigenvalue weighted by Crippen LogP contribution is 2.37. The zero-order valence-corrected chi connectivity index (χ0v) is 17.8. The van der Waals surface area contributed by atoms with E-state index in [1.165, 1.54) is 0 Å². The molecule has 0 fully saturated rings. The van der Waals surface area contributed by atoms with Gasteiger partial charge in [-0.1, -0.05) is 45.2 Å². The van der Waals surface area contributed by atoms with Crippen molar-refractivity contribution in [2.45, 2.75) is 39.5 Å². The molecule has 1 N–H and O–H groups in total. The summed E-state index contributed by atoms with van der Waals surface area (Å²) >= 11 is 15.7. The highest BCUT2D eigenvalue weighted by atomic mass is 79.9. The van der Waals surface area contributed by atoms with Gasteiger partial charge in [-0.15, -0.1) is 0 Å². The molecule has 0 unspecified atom stereocenters. The van der Waals surface area contributed by atoms with Crippen molar-refractivity contribution in [1.82, 2.24) is 5.32 Å². The fourth-order valence-corrected chi connectivity index (χ4v) is 2.98. The molecule has 2 aromatic rings. The Hall–Kier alpha value is -0.940. The average molecular weight is 447 g/mol. The van der Waals surface area contributed by atoms with E-state index < -0.39 is 0 Å². The van der Waals surface area contributed by atoms with Crippen molar-refractivity contribution in [3.63, 3.8) is 0 Å². The summed E-state index contributed by atoms with van der Waals surface area (Å²) in [5, 5.41) is 4.52. The van der Waals surface area contributed by atoms with E-state index in [9.17, 15) is 0 Å². The first kappa shape index (κ1) is 20.4. The maximum atomic E-state index is 6.09. The first-order valence-electron chi connectivity index (χ1n) is 7.88. The van der Waals surface area contributed by atoms with Gasteiger partial charge < -0.3 is 14.8 Å². The SMILES string of the molecule is COc1ccc(Br)c(CNC(C)(C)C)c1OCc1ccc(Cl)c(Cl)c1. The Morgan fingerprint density at radius 1 is 1.08 bits per heavy atom. The van der Waals surface area contributed by atoms with E-state index in [-0.39, 0.29) is 5.54 Å². The first-order chi connectivity index (χ1) is 11.7. The maximum Gasteiger partial charge on any atom is 0.167 e. The van der Waals surface area contributed by atoms with E-state index in [1.54, 1.807) is 19.2 Å². The minimum atomic E-state index is -0.0104. The predicted octanol–water partition coefficient (Wildman–Crippen LogP) is 6.23. The van der Waals surface area contributed by atoms with Gasteiger partial charge in [-0.3, -0.25) is 0 Å². The minimum absolute atomic E-state index is 0.0104. The Bertz CT molecular complexity index is 745. The van der Waals surface area contributed by atoms with Crippen LogP contribution in [0.4, 0.5) is 0 Å². The Kier molecular flexibility index (Phi) is 7.03. The zero-order valence-electron chi connectivity index (χ0n) is 14.8. The zero-order chi connectivity index (χ0) is 18.6. The molecule has 0 saturated carbocycles. The lowest BCUT2D eigenvalue weighted by Gasteiger charge is -2.23. The predicted molar refractivity (Wildman–Crippen MR) is 108 cm³/mol. The fraction of sp³-hybridized carbons (Fsp3) is 0.368. The summed E-state index contributed by atoms with van der Waals surface area (Å²) in [6.45, 7) is 7.39. The van der Waals surface area contributed by atoms with Gasteiger partial charge in [0.25, 0.3) is 0 Å². The van der Waals surface area contributed by atoms with Crippen LogP contribution in [0.1, 0.15) is 31.9 Å². The Balaban J connectivity index is 2.27. The van der Waals surface area contributed by atoms with Gasteiger partial charge in [-0.2, -0.15) is 0 Å². The molecule has 0 aromatic heterocycles. The van der Waals surface area contributed by atoms with E-state index in [0.29, 0.717) is 34.7 Å². The Morgan fingerprint density at radius 3 is 2.40 bits per heavy atom. The largest absolute Gasteiger partial charge is 0.493 e. The molecule has 2 aromatic carbocycles. The molecule has 6 heteroatoms. The summed E-state index contributed by atoms with van der Waals surface area (Å²) in [6, 6.07) is 9.31. The van der Waals surface area contributed by atoms with Crippen molar-refractivity contribution in [1.29, 1.82) is 0 Å². The molecule has 25 heavy (non-hydrogen) atoms. The molecule has 0 bridgehead atoms. The van der Waals surface area contributed by atoms with Gasteiger partial charge in [0.05, 0.1) is 17.2 Å². The normalized spacial score (nSPS) is 11.5. The van der Waals surface area contributed by atoms with Gasteiger partial charge in [0, 0.05) is 22.1 Å². The summed E-state index contributed by atoms with van der Waals surface area (Å²) in [5.74, 6) is 1.40. The van der Waals surface area contributed by atoms with E-state index >= 15 is 0 Å². The Labute approximate surface area is 167 Å². The third-order valence-electron chi connectivity index (χ3n) is 3.55. The van der Waals surface area contributed by atoms with Crippen molar-refractivity contribution in [3.05, 3.63) is 56.0 Å². The third-order valence-corrected chi connectivity index (χ3v) is 5.03. The molecule has 0 aliphatic heterocycles. The summed E-state index contributed by atoms with van der Waals surface area (Å²) in [7, 11) is 1.64. The van der Waals surface area contributed by atoms with E-state index in [0.717, 1.165) is 15.6 Å². The number of hydrogen-bond donors (Lipinski definition) is 1. The van der Waals surface area contributed by atoms with Crippen molar-refractivity contribution >= 4 is 39.1 Å². The molecule has 0 spiro atoms. The molecule has 0 atom stereocenters. The van der Waals surface area contributed by atoms with Crippen LogP contribution in [-0.4, -0.2) is 12.6 Å². The van der Waals surface area contributed by atoms with E-state index in [4.69, 9.17) is 32.7 Å².